The Balaban J connectivity index is 2.39. The number of likely N-dealkylation sites (N-methyl/N-ethyl adjacent to an activating group) is 1. The lowest BCUT2D eigenvalue weighted by Crippen LogP contribution is -2.30. The van der Waals surface area contributed by atoms with Crippen LogP contribution in [-0.4, -0.2) is 25.2 Å². The van der Waals surface area contributed by atoms with E-state index in [-0.39, 0.29) is 6.61 Å². The monoisotopic (exact) mass is 178 g/mol. The maximum atomic E-state index is 8.96. The highest BCUT2D eigenvalue weighted by atomic mass is 16.3. The summed E-state index contributed by atoms with van der Waals surface area (Å²) < 4.78 is 0. The third kappa shape index (κ3) is 1.47. The number of nitrogens with one attached hydrogen (secondary N) is 1. The second kappa shape index (κ2) is 3.26. The van der Waals surface area contributed by atoms with Gasteiger partial charge in [-0.2, -0.15) is 0 Å². The predicted octanol–water partition coefficient (Wildman–Crippen LogP) is 1.04. The molecule has 13 heavy (non-hydrogen) atoms. The Labute approximate surface area is 78.0 Å². The van der Waals surface area contributed by atoms with Gasteiger partial charge in [-0.1, -0.05) is 6.07 Å². The molecule has 0 bridgehead atoms. The minimum Gasteiger partial charge on any atom is -0.392 e. The van der Waals surface area contributed by atoms with Crippen molar-refractivity contribution in [3.8, 4) is 0 Å². The maximum absolute atomic E-state index is 8.96. The topological polar surface area (TPSA) is 35.5 Å². The first-order valence-corrected chi connectivity index (χ1v) is 4.50. The molecule has 0 saturated heterocycles. The minimum atomic E-state index is 0.110. The van der Waals surface area contributed by atoms with Crippen molar-refractivity contribution in [2.75, 3.05) is 30.4 Å². The van der Waals surface area contributed by atoms with Crippen molar-refractivity contribution in [3.05, 3.63) is 23.8 Å². The number of anilines is 2. The third-order valence-electron chi connectivity index (χ3n) is 2.42. The summed E-state index contributed by atoms with van der Waals surface area (Å²) in [6.07, 6.45) is 0. The molecule has 0 amide bonds. The molecule has 1 aromatic carbocycles. The number of hydrogen-bond acceptors (Lipinski definition) is 3. The van der Waals surface area contributed by atoms with E-state index in [9.17, 15) is 0 Å². The van der Waals surface area contributed by atoms with E-state index in [0.29, 0.717) is 0 Å². The third-order valence-corrected chi connectivity index (χ3v) is 2.42. The maximum Gasteiger partial charge on any atom is 0.0682 e. The number of fused-ring (bicyclic) bond motifs is 1. The van der Waals surface area contributed by atoms with Crippen LogP contribution in [0.15, 0.2) is 18.2 Å². The van der Waals surface area contributed by atoms with Crippen LogP contribution in [0.2, 0.25) is 0 Å². The van der Waals surface area contributed by atoms with Crippen molar-refractivity contribution >= 4 is 11.4 Å². The van der Waals surface area contributed by atoms with Gasteiger partial charge < -0.3 is 15.3 Å². The van der Waals surface area contributed by atoms with Gasteiger partial charge in [0.25, 0.3) is 0 Å². The van der Waals surface area contributed by atoms with Crippen molar-refractivity contribution < 1.29 is 5.11 Å². The van der Waals surface area contributed by atoms with E-state index >= 15 is 0 Å². The lowest BCUT2D eigenvalue weighted by molar-refractivity contribution is 0.282. The molecule has 1 heterocycles. The Kier molecular flexibility index (Phi) is 2.10. The van der Waals surface area contributed by atoms with Crippen LogP contribution in [-0.2, 0) is 6.61 Å². The van der Waals surface area contributed by atoms with E-state index in [1.54, 1.807) is 0 Å². The van der Waals surface area contributed by atoms with Gasteiger partial charge in [0, 0.05) is 20.1 Å². The van der Waals surface area contributed by atoms with E-state index in [0.717, 1.165) is 24.3 Å². The van der Waals surface area contributed by atoms with Crippen LogP contribution in [0.25, 0.3) is 0 Å². The fraction of sp³-hybridized carbons (Fsp3) is 0.400. The molecular formula is C10H14N2O. The van der Waals surface area contributed by atoms with E-state index < -0.39 is 0 Å². The number of benzene rings is 1. The van der Waals surface area contributed by atoms with Gasteiger partial charge in [0.15, 0.2) is 0 Å². The summed E-state index contributed by atoms with van der Waals surface area (Å²) in [5.41, 5.74) is 3.30. The number of nitrogens with zero attached hydrogens (tertiary/aromatic N) is 1. The van der Waals surface area contributed by atoms with Gasteiger partial charge in [0.2, 0.25) is 0 Å². The Hall–Kier alpha value is -1.22. The summed E-state index contributed by atoms with van der Waals surface area (Å²) in [6, 6.07) is 6.01. The fourth-order valence-corrected chi connectivity index (χ4v) is 1.63. The predicted molar refractivity (Wildman–Crippen MR) is 54.1 cm³/mol. The van der Waals surface area contributed by atoms with Crippen LogP contribution >= 0.6 is 0 Å². The van der Waals surface area contributed by atoms with Gasteiger partial charge in [-0.25, -0.2) is 0 Å². The van der Waals surface area contributed by atoms with Crippen LogP contribution in [0.3, 0.4) is 0 Å². The lowest BCUT2D eigenvalue weighted by Gasteiger charge is -2.28. The van der Waals surface area contributed by atoms with E-state index in [1.807, 2.05) is 18.2 Å². The lowest BCUT2D eigenvalue weighted by atomic mass is 10.1. The zero-order valence-electron chi connectivity index (χ0n) is 7.75. The molecule has 2 rings (SSSR count). The molecule has 0 radical (unpaired) electrons. The normalized spacial score (nSPS) is 15.1. The zero-order chi connectivity index (χ0) is 9.26. The van der Waals surface area contributed by atoms with Gasteiger partial charge in [0.1, 0.15) is 0 Å². The van der Waals surface area contributed by atoms with Gasteiger partial charge in [0.05, 0.1) is 18.0 Å². The average molecular weight is 178 g/mol. The van der Waals surface area contributed by atoms with Crippen molar-refractivity contribution in [1.29, 1.82) is 0 Å². The molecule has 3 heteroatoms. The number of rotatable bonds is 1. The molecule has 0 spiro atoms. The van der Waals surface area contributed by atoms with E-state index in [4.69, 9.17) is 5.11 Å². The quantitative estimate of drug-likeness (QED) is 0.674. The molecule has 0 unspecified atom stereocenters. The second-order valence-corrected chi connectivity index (χ2v) is 3.36. The van der Waals surface area contributed by atoms with Crippen LogP contribution in [0.1, 0.15) is 5.56 Å². The Morgan fingerprint density at radius 2 is 2.38 bits per heavy atom. The molecule has 0 aromatic heterocycles. The fourth-order valence-electron chi connectivity index (χ4n) is 1.63. The Morgan fingerprint density at radius 1 is 1.54 bits per heavy atom. The Bertz CT molecular complexity index is 312. The van der Waals surface area contributed by atoms with Crippen molar-refractivity contribution in [1.82, 2.24) is 0 Å². The van der Waals surface area contributed by atoms with Crippen molar-refractivity contribution in [2.24, 2.45) is 0 Å². The highest BCUT2D eigenvalue weighted by molar-refractivity contribution is 5.72. The molecule has 3 nitrogen and oxygen atoms in total. The summed E-state index contributed by atoms with van der Waals surface area (Å²) in [5, 5.41) is 12.3. The van der Waals surface area contributed by atoms with Crippen molar-refractivity contribution in [2.45, 2.75) is 6.61 Å². The molecular weight excluding hydrogens is 164 g/mol. The molecule has 0 aliphatic carbocycles. The summed E-state index contributed by atoms with van der Waals surface area (Å²) in [7, 11) is 2.08. The first kappa shape index (κ1) is 8.38. The van der Waals surface area contributed by atoms with Gasteiger partial charge in [-0.15, -0.1) is 0 Å². The number of hydrogen-bond donors (Lipinski definition) is 2. The number of aliphatic hydroxyl groups is 1. The SMILES string of the molecule is CN1CCNc2cc(CO)ccc21. The minimum absolute atomic E-state index is 0.110. The van der Waals surface area contributed by atoms with E-state index in [1.165, 1.54) is 5.69 Å². The number of aliphatic hydroxyl groups excluding tert-OH is 1. The van der Waals surface area contributed by atoms with Gasteiger partial charge in [-0.05, 0) is 17.7 Å². The molecule has 2 N–H and O–H groups in total. The summed E-state index contributed by atoms with van der Waals surface area (Å²) in [6.45, 7) is 2.11. The average Bonchev–Trinajstić information content (AvgIpc) is 2.18. The first-order valence-electron chi connectivity index (χ1n) is 4.50. The highest BCUT2D eigenvalue weighted by Crippen LogP contribution is 2.28. The molecule has 1 aliphatic rings. The van der Waals surface area contributed by atoms with Crippen LogP contribution in [0.5, 0.6) is 0 Å². The molecule has 0 fully saturated rings. The smallest absolute Gasteiger partial charge is 0.0682 e. The van der Waals surface area contributed by atoms with Crippen molar-refractivity contribution in [3.63, 3.8) is 0 Å². The molecule has 1 aromatic rings. The molecule has 0 atom stereocenters. The standard InChI is InChI=1S/C10H14N2O/c1-12-5-4-11-9-6-8(7-13)2-3-10(9)12/h2-3,6,11,13H,4-5,7H2,1H3. The second-order valence-electron chi connectivity index (χ2n) is 3.36. The van der Waals surface area contributed by atoms with E-state index in [2.05, 4.69) is 17.3 Å². The summed E-state index contributed by atoms with van der Waals surface area (Å²) in [5.74, 6) is 0. The molecule has 0 saturated carbocycles. The first-order chi connectivity index (χ1) is 6.31. The molecule has 70 valence electrons. The van der Waals surface area contributed by atoms with Crippen LogP contribution < -0.4 is 10.2 Å². The summed E-state index contributed by atoms with van der Waals surface area (Å²) in [4.78, 5) is 2.22. The van der Waals surface area contributed by atoms with Crippen LogP contribution in [0.4, 0.5) is 11.4 Å². The highest BCUT2D eigenvalue weighted by Gasteiger charge is 2.12. The molecule has 1 aliphatic heterocycles. The largest absolute Gasteiger partial charge is 0.392 e. The van der Waals surface area contributed by atoms with Crippen LogP contribution in [0, 0.1) is 0 Å². The zero-order valence-corrected chi connectivity index (χ0v) is 7.75. The van der Waals surface area contributed by atoms with Gasteiger partial charge >= 0.3 is 0 Å². The van der Waals surface area contributed by atoms with Gasteiger partial charge in [-0.3, -0.25) is 0 Å². The summed E-state index contributed by atoms with van der Waals surface area (Å²) >= 11 is 0. The Morgan fingerprint density at radius 3 is 3.15 bits per heavy atom.